The summed E-state index contributed by atoms with van der Waals surface area (Å²) in [5.41, 5.74) is 3.09. The molecule has 4 nitrogen and oxygen atoms in total. The third kappa shape index (κ3) is 1.23. The second-order valence-electron chi connectivity index (χ2n) is 4.73. The topological polar surface area (TPSA) is 44.5 Å². The molecule has 2 heterocycles. The standard InChI is InChI=1S/C14H13NO3/c1-16-8-5-6-9-12(7-8)17-10-3-2-4-11-13(10)14(9)15-18-11/h5-7,10H,2-4H2,1H3. The maximum absolute atomic E-state index is 6.06. The van der Waals surface area contributed by atoms with Crippen molar-refractivity contribution in [2.75, 3.05) is 7.11 Å². The molecule has 2 aromatic rings. The van der Waals surface area contributed by atoms with Gasteiger partial charge in [-0.05, 0) is 25.0 Å². The first-order valence-electron chi connectivity index (χ1n) is 6.20. The summed E-state index contributed by atoms with van der Waals surface area (Å²) < 4.78 is 16.7. The first-order chi connectivity index (χ1) is 8.86. The van der Waals surface area contributed by atoms with Crippen LogP contribution in [0.3, 0.4) is 0 Å². The fourth-order valence-electron chi connectivity index (χ4n) is 2.82. The molecule has 1 aliphatic carbocycles. The molecule has 0 saturated heterocycles. The van der Waals surface area contributed by atoms with Crippen molar-refractivity contribution in [3.05, 3.63) is 29.5 Å². The van der Waals surface area contributed by atoms with E-state index < -0.39 is 0 Å². The van der Waals surface area contributed by atoms with E-state index in [1.54, 1.807) is 7.11 Å². The molecule has 2 aliphatic rings. The number of benzene rings is 1. The van der Waals surface area contributed by atoms with Gasteiger partial charge in [-0.3, -0.25) is 0 Å². The van der Waals surface area contributed by atoms with Gasteiger partial charge in [-0.25, -0.2) is 0 Å². The average Bonchev–Trinajstić information content (AvgIpc) is 2.84. The first-order valence-corrected chi connectivity index (χ1v) is 6.20. The SMILES string of the molecule is COc1ccc2c(c1)OC1CCCc3onc-2c31. The Hall–Kier alpha value is -1.97. The molecule has 0 saturated carbocycles. The lowest BCUT2D eigenvalue weighted by atomic mass is 9.89. The Balaban J connectivity index is 1.93. The molecule has 1 aromatic heterocycles. The number of hydrogen-bond acceptors (Lipinski definition) is 4. The molecule has 1 atom stereocenters. The van der Waals surface area contributed by atoms with Crippen molar-refractivity contribution in [2.45, 2.75) is 25.4 Å². The van der Waals surface area contributed by atoms with E-state index in [1.165, 1.54) is 0 Å². The quantitative estimate of drug-likeness (QED) is 0.771. The Bertz CT molecular complexity index is 617. The Morgan fingerprint density at radius 2 is 2.33 bits per heavy atom. The second kappa shape index (κ2) is 3.51. The van der Waals surface area contributed by atoms with Gasteiger partial charge in [0, 0.05) is 18.1 Å². The monoisotopic (exact) mass is 243 g/mol. The molecule has 0 N–H and O–H groups in total. The van der Waals surface area contributed by atoms with Gasteiger partial charge < -0.3 is 14.0 Å². The van der Waals surface area contributed by atoms with Crippen molar-refractivity contribution in [1.82, 2.24) is 5.16 Å². The molecule has 0 radical (unpaired) electrons. The maximum Gasteiger partial charge on any atom is 0.144 e. The molecule has 92 valence electrons. The van der Waals surface area contributed by atoms with E-state index in [4.69, 9.17) is 14.0 Å². The summed E-state index contributed by atoms with van der Waals surface area (Å²) >= 11 is 0. The molecule has 4 heteroatoms. The summed E-state index contributed by atoms with van der Waals surface area (Å²) in [5, 5.41) is 4.22. The summed E-state index contributed by atoms with van der Waals surface area (Å²) in [7, 11) is 1.66. The van der Waals surface area contributed by atoms with Gasteiger partial charge in [0.2, 0.25) is 0 Å². The number of aromatic nitrogens is 1. The van der Waals surface area contributed by atoms with E-state index in [9.17, 15) is 0 Å². The lowest BCUT2D eigenvalue weighted by Crippen LogP contribution is -2.18. The van der Waals surface area contributed by atoms with E-state index >= 15 is 0 Å². The number of aryl methyl sites for hydroxylation is 1. The van der Waals surface area contributed by atoms with Crippen LogP contribution in [0, 0.1) is 0 Å². The molecule has 0 bridgehead atoms. The van der Waals surface area contributed by atoms with Crippen molar-refractivity contribution in [1.29, 1.82) is 0 Å². The molecule has 1 aliphatic heterocycles. The molecule has 18 heavy (non-hydrogen) atoms. The van der Waals surface area contributed by atoms with E-state index in [1.807, 2.05) is 18.2 Å². The fourth-order valence-corrected chi connectivity index (χ4v) is 2.82. The smallest absolute Gasteiger partial charge is 0.144 e. The third-order valence-electron chi connectivity index (χ3n) is 3.71. The Labute approximate surface area is 104 Å². The van der Waals surface area contributed by atoms with Crippen LogP contribution in [0.25, 0.3) is 11.3 Å². The zero-order valence-electron chi connectivity index (χ0n) is 10.1. The zero-order chi connectivity index (χ0) is 12.1. The normalized spacial score (nSPS) is 19.7. The molecular weight excluding hydrogens is 230 g/mol. The summed E-state index contributed by atoms with van der Waals surface area (Å²) in [6.45, 7) is 0. The predicted octanol–water partition coefficient (Wildman–Crippen LogP) is 3.12. The third-order valence-corrected chi connectivity index (χ3v) is 3.71. The Morgan fingerprint density at radius 3 is 3.22 bits per heavy atom. The molecule has 0 fully saturated rings. The van der Waals surface area contributed by atoms with Crippen molar-refractivity contribution in [2.24, 2.45) is 0 Å². The fraction of sp³-hybridized carbons (Fsp3) is 0.357. The van der Waals surface area contributed by atoms with Crippen LogP contribution in [0.2, 0.25) is 0 Å². The van der Waals surface area contributed by atoms with Crippen LogP contribution in [0.4, 0.5) is 0 Å². The number of hydrogen-bond donors (Lipinski definition) is 0. The van der Waals surface area contributed by atoms with Gasteiger partial charge in [-0.1, -0.05) is 5.16 Å². The minimum Gasteiger partial charge on any atom is -0.497 e. The van der Waals surface area contributed by atoms with Crippen molar-refractivity contribution < 1.29 is 14.0 Å². The van der Waals surface area contributed by atoms with Gasteiger partial charge in [0.1, 0.15) is 29.1 Å². The van der Waals surface area contributed by atoms with Gasteiger partial charge in [0.15, 0.2) is 0 Å². The summed E-state index contributed by atoms with van der Waals surface area (Å²) in [6, 6.07) is 5.82. The summed E-state index contributed by atoms with van der Waals surface area (Å²) in [5.74, 6) is 2.63. The molecular formula is C14H13NO3. The highest BCUT2D eigenvalue weighted by Gasteiger charge is 2.35. The van der Waals surface area contributed by atoms with Gasteiger partial charge in [0.25, 0.3) is 0 Å². The van der Waals surface area contributed by atoms with E-state index in [0.717, 1.165) is 53.3 Å². The van der Waals surface area contributed by atoms with Crippen LogP contribution in [0.5, 0.6) is 11.5 Å². The molecule has 0 spiro atoms. The van der Waals surface area contributed by atoms with Gasteiger partial charge >= 0.3 is 0 Å². The van der Waals surface area contributed by atoms with E-state index in [-0.39, 0.29) is 6.10 Å². The molecule has 1 unspecified atom stereocenters. The summed E-state index contributed by atoms with van der Waals surface area (Å²) in [6.07, 6.45) is 3.17. The van der Waals surface area contributed by atoms with Gasteiger partial charge in [-0.2, -0.15) is 0 Å². The number of methoxy groups -OCH3 is 1. The number of fused-ring (bicyclic) bond motifs is 2. The van der Waals surface area contributed by atoms with Gasteiger partial charge in [-0.15, -0.1) is 0 Å². The highest BCUT2D eigenvalue weighted by molar-refractivity contribution is 5.74. The molecule has 4 rings (SSSR count). The average molecular weight is 243 g/mol. The molecule has 1 aromatic carbocycles. The molecule has 0 amide bonds. The van der Waals surface area contributed by atoms with E-state index in [2.05, 4.69) is 5.16 Å². The highest BCUT2D eigenvalue weighted by atomic mass is 16.5. The van der Waals surface area contributed by atoms with Crippen LogP contribution in [-0.4, -0.2) is 12.3 Å². The minimum atomic E-state index is 0.0922. The van der Waals surface area contributed by atoms with Crippen LogP contribution >= 0.6 is 0 Å². The van der Waals surface area contributed by atoms with Crippen molar-refractivity contribution in [3.63, 3.8) is 0 Å². The van der Waals surface area contributed by atoms with Crippen LogP contribution < -0.4 is 9.47 Å². The predicted molar refractivity (Wildman–Crippen MR) is 64.8 cm³/mol. The number of nitrogens with zero attached hydrogens (tertiary/aromatic N) is 1. The van der Waals surface area contributed by atoms with Gasteiger partial charge in [0.05, 0.1) is 12.7 Å². The first kappa shape index (κ1) is 10.00. The number of rotatable bonds is 1. The Morgan fingerprint density at radius 1 is 1.39 bits per heavy atom. The van der Waals surface area contributed by atoms with Crippen molar-refractivity contribution >= 4 is 0 Å². The van der Waals surface area contributed by atoms with Crippen molar-refractivity contribution in [3.8, 4) is 22.8 Å². The van der Waals surface area contributed by atoms with Crippen LogP contribution in [0.1, 0.15) is 30.3 Å². The lowest BCUT2D eigenvalue weighted by Gasteiger charge is -2.28. The lowest BCUT2D eigenvalue weighted by molar-refractivity contribution is 0.175. The number of ether oxygens (including phenoxy) is 2. The Kier molecular flexibility index (Phi) is 1.95. The largest absolute Gasteiger partial charge is 0.497 e. The minimum absolute atomic E-state index is 0.0922. The zero-order valence-corrected chi connectivity index (χ0v) is 10.1. The van der Waals surface area contributed by atoms with Crippen LogP contribution in [-0.2, 0) is 6.42 Å². The van der Waals surface area contributed by atoms with E-state index in [0.29, 0.717) is 0 Å². The maximum atomic E-state index is 6.06. The second-order valence-corrected chi connectivity index (χ2v) is 4.73. The highest BCUT2D eigenvalue weighted by Crippen LogP contribution is 2.48. The summed E-state index contributed by atoms with van der Waals surface area (Å²) in [4.78, 5) is 0. The van der Waals surface area contributed by atoms with Crippen LogP contribution in [0.15, 0.2) is 22.7 Å².